The number of aromatic amines is 1. The third-order valence-corrected chi connectivity index (χ3v) is 4.44. The fourth-order valence-corrected chi connectivity index (χ4v) is 3.44. The summed E-state index contributed by atoms with van der Waals surface area (Å²) < 4.78 is 2.96. The lowest BCUT2D eigenvalue weighted by molar-refractivity contribution is 0.187. The second kappa shape index (κ2) is 5.39. The molecule has 1 atom stereocenters. The van der Waals surface area contributed by atoms with Crippen LogP contribution in [0.5, 0.6) is 0 Å². The summed E-state index contributed by atoms with van der Waals surface area (Å²) in [4.78, 5) is 5.72. The fraction of sp³-hybridized carbons (Fsp3) is 0.467. The van der Waals surface area contributed by atoms with Gasteiger partial charge in [-0.25, -0.2) is 0 Å². The van der Waals surface area contributed by atoms with E-state index in [9.17, 15) is 0 Å². The highest BCUT2D eigenvalue weighted by Crippen LogP contribution is 2.27. The molecular formula is C15H18N4S. The molecule has 1 aromatic carbocycles. The van der Waals surface area contributed by atoms with Crippen LogP contribution in [0.1, 0.15) is 31.4 Å². The number of hydrogen-bond acceptors (Lipinski definition) is 3. The molecule has 20 heavy (non-hydrogen) atoms. The quantitative estimate of drug-likeness (QED) is 0.862. The molecule has 1 aliphatic heterocycles. The maximum Gasteiger partial charge on any atom is 0.178 e. The van der Waals surface area contributed by atoms with Gasteiger partial charge >= 0.3 is 0 Å². The van der Waals surface area contributed by atoms with E-state index in [2.05, 4.69) is 27.4 Å². The number of nitriles is 1. The average Bonchev–Trinajstić information content (AvgIpc) is 2.82. The van der Waals surface area contributed by atoms with Gasteiger partial charge in [0.15, 0.2) is 4.77 Å². The van der Waals surface area contributed by atoms with Crippen LogP contribution in [0.3, 0.4) is 0 Å². The van der Waals surface area contributed by atoms with Crippen molar-refractivity contribution in [1.29, 1.82) is 5.26 Å². The molecule has 104 valence electrons. The molecule has 1 saturated heterocycles. The second-order valence-corrected chi connectivity index (χ2v) is 5.72. The summed E-state index contributed by atoms with van der Waals surface area (Å²) in [5, 5.41) is 9.08. The minimum absolute atomic E-state index is 0.402. The van der Waals surface area contributed by atoms with Crippen molar-refractivity contribution in [3.8, 4) is 6.07 Å². The van der Waals surface area contributed by atoms with E-state index in [0.717, 1.165) is 35.3 Å². The molecule has 0 spiro atoms. The zero-order chi connectivity index (χ0) is 14.1. The van der Waals surface area contributed by atoms with Crippen LogP contribution in [0, 0.1) is 16.1 Å². The number of likely N-dealkylation sites (N-methyl/N-ethyl adjacent to an activating group) is 1. The molecule has 2 heterocycles. The highest BCUT2D eigenvalue weighted by atomic mass is 32.1. The van der Waals surface area contributed by atoms with Crippen molar-refractivity contribution in [2.24, 2.45) is 0 Å². The number of rotatable bonds is 2. The Morgan fingerprint density at radius 2 is 2.35 bits per heavy atom. The minimum atomic E-state index is 0.402. The maximum absolute atomic E-state index is 9.08. The van der Waals surface area contributed by atoms with Crippen molar-refractivity contribution in [2.45, 2.75) is 25.8 Å². The number of nitrogens with one attached hydrogen (secondary N) is 1. The smallest absolute Gasteiger partial charge is 0.178 e. The van der Waals surface area contributed by atoms with Gasteiger partial charge in [-0.2, -0.15) is 5.26 Å². The molecule has 0 radical (unpaired) electrons. The van der Waals surface area contributed by atoms with Gasteiger partial charge in [0, 0.05) is 12.6 Å². The number of fused-ring (bicyclic) bond motifs is 1. The van der Waals surface area contributed by atoms with Crippen LogP contribution < -0.4 is 0 Å². The SMILES string of the molecule is CCN1CCCC(n2c(=S)[nH]c3ccc(C#N)cc32)C1. The van der Waals surface area contributed by atoms with Crippen LogP contribution in [0.25, 0.3) is 11.0 Å². The molecule has 1 N–H and O–H groups in total. The Morgan fingerprint density at radius 3 is 3.10 bits per heavy atom. The van der Waals surface area contributed by atoms with Crippen LogP contribution in [-0.2, 0) is 0 Å². The number of piperidine rings is 1. The van der Waals surface area contributed by atoms with Crippen LogP contribution in [0.2, 0.25) is 0 Å². The molecule has 3 rings (SSSR count). The Kier molecular flexibility index (Phi) is 3.60. The molecule has 0 bridgehead atoms. The van der Waals surface area contributed by atoms with E-state index < -0.39 is 0 Å². The van der Waals surface area contributed by atoms with Crippen molar-refractivity contribution in [2.75, 3.05) is 19.6 Å². The van der Waals surface area contributed by atoms with E-state index in [1.165, 1.54) is 13.0 Å². The number of aromatic nitrogens is 2. The van der Waals surface area contributed by atoms with Crippen LogP contribution in [0.15, 0.2) is 18.2 Å². The number of likely N-dealkylation sites (tertiary alicyclic amines) is 1. The zero-order valence-electron chi connectivity index (χ0n) is 11.6. The lowest BCUT2D eigenvalue weighted by Crippen LogP contribution is -2.36. The highest BCUT2D eigenvalue weighted by Gasteiger charge is 2.22. The van der Waals surface area contributed by atoms with Gasteiger partial charge in [0.2, 0.25) is 0 Å². The van der Waals surface area contributed by atoms with Crippen molar-refractivity contribution in [1.82, 2.24) is 14.5 Å². The lowest BCUT2D eigenvalue weighted by Gasteiger charge is -2.32. The third kappa shape index (κ3) is 2.26. The number of imidazole rings is 1. The Balaban J connectivity index is 2.08. The standard InChI is InChI=1S/C15H18N4S/c1-2-18-7-3-4-12(10-18)19-14-8-11(9-16)5-6-13(14)17-15(19)20/h5-6,8,12H,2-4,7,10H2,1H3,(H,17,20). The first-order valence-electron chi connectivity index (χ1n) is 7.09. The highest BCUT2D eigenvalue weighted by molar-refractivity contribution is 7.71. The monoisotopic (exact) mass is 286 g/mol. The second-order valence-electron chi connectivity index (χ2n) is 5.33. The minimum Gasteiger partial charge on any atom is -0.331 e. The third-order valence-electron chi connectivity index (χ3n) is 4.14. The molecule has 1 unspecified atom stereocenters. The molecule has 1 fully saturated rings. The molecule has 0 amide bonds. The van der Waals surface area contributed by atoms with Gasteiger partial charge in [0.25, 0.3) is 0 Å². The van der Waals surface area contributed by atoms with Gasteiger partial charge < -0.3 is 14.5 Å². The summed E-state index contributed by atoms with van der Waals surface area (Å²) >= 11 is 5.49. The van der Waals surface area contributed by atoms with Gasteiger partial charge in [-0.3, -0.25) is 0 Å². The molecule has 1 aliphatic rings. The maximum atomic E-state index is 9.08. The molecule has 4 nitrogen and oxygen atoms in total. The number of hydrogen-bond donors (Lipinski definition) is 1. The summed E-state index contributed by atoms with van der Waals surface area (Å²) in [7, 11) is 0. The number of H-pyrrole nitrogens is 1. The molecular weight excluding hydrogens is 268 g/mol. The van der Waals surface area contributed by atoms with E-state index in [1.54, 1.807) is 0 Å². The zero-order valence-corrected chi connectivity index (χ0v) is 12.4. The first kappa shape index (κ1) is 13.3. The Hall–Kier alpha value is -1.64. The molecule has 5 heteroatoms. The van der Waals surface area contributed by atoms with Crippen molar-refractivity contribution >= 4 is 23.3 Å². The predicted molar refractivity (Wildman–Crippen MR) is 82.2 cm³/mol. The first-order chi connectivity index (χ1) is 9.72. The van der Waals surface area contributed by atoms with E-state index in [4.69, 9.17) is 17.5 Å². The van der Waals surface area contributed by atoms with Gasteiger partial charge in [-0.05, 0) is 56.3 Å². The summed E-state index contributed by atoms with van der Waals surface area (Å²) in [6.07, 6.45) is 2.35. The fourth-order valence-electron chi connectivity index (χ4n) is 3.08. The topological polar surface area (TPSA) is 47.8 Å². The van der Waals surface area contributed by atoms with Crippen molar-refractivity contribution in [3.05, 3.63) is 28.5 Å². The van der Waals surface area contributed by atoms with Crippen LogP contribution >= 0.6 is 12.2 Å². The normalized spacial score (nSPS) is 20.1. The summed E-state index contributed by atoms with van der Waals surface area (Å²) in [5.74, 6) is 0. The van der Waals surface area contributed by atoms with Crippen LogP contribution in [-0.4, -0.2) is 34.1 Å². The lowest BCUT2D eigenvalue weighted by atomic mass is 10.1. The molecule has 1 aromatic heterocycles. The number of nitrogens with zero attached hydrogens (tertiary/aromatic N) is 3. The Morgan fingerprint density at radius 1 is 1.50 bits per heavy atom. The van der Waals surface area contributed by atoms with Crippen molar-refractivity contribution < 1.29 is 0 Å². The summed E-state index contributed by atoms with van der Waals surface area (Å²) in [6, 6.07) is 8.32. The number of benzene rings is 1. The van der Waals surface area contributed by atoms with Gasteiger partial charge in [-0.1, -0.05) is 6.92 Å². The van der Waals surface area contributed by atoms with E-state index in [0.29, 0.717) is 11.6 Å². The van der Waals surface area contributed by atoms with Gasteiger partial charge in [0.1, 0.15) is 0 Å². The molecule has 0 saturated carbocycles. The van der Waals surface area contributed by atoms with E-state index >= 15 is 0 Å². The Labute approximate surface area is 123 Å². The summed E-state index contributed by atoms with van der Waals surface area (Å²) in [5.41, 5.74) is 2.75. The average molecular weight is 286 g/mol. The molecule has 2 aromatic rings. The van der Waals surface area contributed by atoms with Crippen molar-refractivity contribution in [3.63, 3.8) is 0 Å². The molecule has 0 aliphatic carbocycles. The predicted octanol–water partition coefficient (Wildman–Crippen LogP) is 3.23. The summed E-state index contributed by atoms with van der Waals surface area (Å²) in [6.45, 7) is 5.49. The van der Waals surface area contributed by atoms with Gasteiger partial charge in [-0.15, -0.1) is 0 Å². The van der Waals surface area contributed by atoms with E-state index in [-0.39, 0.29) is 0 Å². The van der Waals surface area contributed by atoms with Gasteiger partial charge in [0.05, 0.1) is 22.7 Å². The first-order valence-corrected chi connectivity index (χ1v) is 7.50. The largest absolute Gasteiger partial charge is 0.331 e. The Bertz CT molecular complexity index is 722. The van der Waals surface area contributed by atoms with Crippen LogP contribution in [0.4, 0.5) is 0 Å². The van der Waals surface area contributed by atoms with E-state index in [1.807, 2.05) is 18.2 Å².